The highest BCUT2D eigenvalue weighted by atomic mass is 32.2. The van der Waals surface area contributed by atoms with E-state index in [4.69, 9.17) is 10.4 Å². The molecule has 84 valence electrons. The fraction of sp³-hybridized carbons (Fsp3) is 0.300. The van der Waals surface area contributed by atoms with Crippen molar-refractivity contribution in [3.63, 3.8) is 0 Å². The van der Waals surface area contributed by atoms with Gasteiger partial charge in [-0.3, -0.25) is 10.1 Å². The Labute approximate surface area is 96.9 Å². The number of nitrogens with zero attached hydrogens (tertiary/aromatic N) is 2. The first-order valence-electron chi connectivity index (χ1n) is 4.55. The molecule has 0 fully saturated rings. The number of rotatable bonds is 4. The number of hydrogen-bond acceptors (Lipinski definition) is 5. The van der Waals surface area contributed by atoms with Crippen molar-refractivity contribution >= 4 is 17.4 Å². The number of aliphatic hydroxyl groups excluding tert-OH is 1. The molecule has 0 heterocycles. The molecule has 0 saturated carbocycles. The fourth-order valence-electron chi connectivity index (χ4n) is 1.15. The normalized spacial score (nSPS) is 11.8. The molecule has 1 unspecified atom stereocenters. The molecule has 16 heavy (non-hydrogen) atoms. The lowest BCUT2D eigenvalue weighted by Gasteiger charge is -2.08. The van der Waals surface area contributed by atoms with E-state index < -0.39 is 4.92 Å². The average Bonchev–Trinajstić information content (AvgIpc) is 2.28. The lowest BCUT2D eigenvalue weighted by molar-refractivity contribution is -0.388. The van der Waals surface area contributed by atoms with Crippen molar-refractivity contribution in [1.29, 1.82) is 5.26 Å². The Bertz CT molecular complexity index is 442. The molecule has 0 saturated heterocycles. The average molecular weight is 238 g/mol. The van der Waals surface area contributed by atoms with Crippen LogP contribution in [0, 0.1) is 21.4 Å². The van der Waals surface area contributed by atoms with Crippen LogP contribution in [-0.4, -0.2) is 21.9 Å². The van der Waals surface area contributed by atoms with Crippen LogP contribution in [-0.2, 0) is 0 Å². The zero-order chi connectivity index (χ0) is 12.1. The number of thioether (sulfide) groups is 1. The van der Waals surface area contributed by atoms with Crippen LogP contribution in [0.1, 0.15) is 12.5 Å². The van der Waals surface area contributed by atoms with E-state index in [0.29, 0.717) is 4.90 Å². The molecule has 5 nitrogen and oxygen atoms in total. The summed E-state index contributed by atoms with van der Waals surface area (Å²) in [5, 5.41) is 28.4. The Kier molecular flexibility index (Phi) is 4.28. The van der Waals surface area contributed by atoms with E-state index in [1.165, 1.54) is 17.8 Å². The smallest absolute Gasteiger partial charge is 0.300 e. The fourth-order valence-corrected chi connectivity index (χ4v) is 2.11. The van der Waals surface area contributed by atoms with E-state index in [0.717, 1.165) is 0 Å². The molecule has 0 radical (unpaired) electrons. The minimum Gasteiger partial charge on any atom is -0.395 e. The molecule has 1 rings (SSSR count). The summed E-state index contributed by atoms with van der Waals surface area (Å²) >= 11 is 1.19. The van der Waals surface area contributed by atoms with Gasteiger partial charge in [0.1, 0.15) is 11.6 Å². The highest BCUT2D eigenvalue weighted by Gasteiger charge is 2.21. The molecule has 1 aromatic rings. The van der Waals surface area contributed by atoms with Crippen molar-refractivity contribution < 1.29 is 10.0 Å². The maximum Gasteiger partial charge on any atom is 0.300 e. The molecule has 0 bridgehead atoms. The molecule has 1 atom stereocenters. The third-order valence-electron chi connectivity index (χ3n) is 1.89. The number of para-hydroxylation sites is 1. The molecular formula is C10H10N2O3S. The van der Waals surface area contributed by atoms with Crippen LogP contribution in [0.3, 0.4) is 0 Å². The van der Waals surface area contributed by atoms with Crippen LogP contribution < -0.4 is 0 Å². The molecule has 0 spiro atoms. The second-order valence-electron chi connectivity index (χ2n) is 3.13. The summed E-state index contributed by atoms with van der Waals surface area (Å²) in [6.45, 7) is 1.69. The number of nitro groups is 1. The Hall–Kier alpha value is -1.58. The molecule has 6 heteroatoms. The first-order valence-corrected chi connectivity index (χ1v) is 5.43. The van der Waals surface area contributed by atoms with E-state index in [-0.39, 0.29) is 23.1 Å². The summed E-state index contributed by atoms with van der Waals surface area (Å²) in [5.74, 6) is 0. The van der Waals surface area contributed by atoms with Crippen molar-refractivity contribution in [3.8, 4) is 6.07 Å². The molecule has 0 aromatic heterocycles. The number of aliphatic hydroxyl groups is 1. The van der Waals surface area contributed by atoms with Gasteiger partial charge >= 0.3 is 5.69 Å². The molecular weight excluding hydrogens is 228 g/mol. The first-order chi connectivity index (χ1) is 7.60. The summed E-state index contributed by atoms with van der Waals surface area (Å²) < 4.78 is 0. The van der Waals surface area contributed by atoms with E-state index in [2.05, 4.69) is 0 Å². The molecule has 0 aliphatic rings. The molecule has 1 N–H and O–H groups in total. The SMILES string of the molecule is CC(CO)Sc1cccc(C#N)c1[N+](=O)[O-]. The van der Waals surface area contributed by atoms with Crippen LogP contribution >= 0.6 is 11.8 Å². The number of benzene rings is 1. The van der Waals surface area contributed by atoms with Gasteiger partial charge in [0.2, 0.25) is 0 Å². The highest BCUT2D eigenvalue weighted by Crippen LogP contribution is 2.34. The van der Waals surface area contributed by atoms with Crippen LogP contribution in [0.2, 0.25) is 0 Å². The lowest BCUT2D eigenvalue weighted by Crippen LogP contribution is -2.03. The zero-order valence-corrected chi connectivity index (χ0v) is 9.40. The second-order valence-corrected chi connectivity index (χ2v) is 4.61. The minimum absolute atomic E-state index is 0.0418. The van der Waals surface area contributed by atoms with Crippen molar-refractivity contribution in [2.75, 3.05) is 6.61 Å². The van der Waals surface area contributed by atoms with E-state index in [1.54, 1.807) is 25.1 Å². The van der Waals surface area contributed by atoms with Crippen LogP contribution in [0.25, 0.3) is 0 Å². The van der Waals surface area contributed by atoms with Crippen molar-refractivity contribution in [3.05, 3.63) is 33.9 Å². The van der Waals surface area contributed by atoms with Gasteiger partial charge in [-0.25, -0.2) is 0 Å². The Balaban J connectivity index is 3.18. The van der Waals surface area contributed by atoms with Gasteiger partial charge in [0.15, 0.2) is 0 Å². The number of nitriles is 1. The molecule has 0 amide bonds. The largest absolute Gasteiger partial charge is 0.395 e. The third kappa shape index (κ3) is 2.72. The Morgan fingerprint density at radius 3 is 2.88 bits per heavy atom. The van der Waals surface area contributed by atoms with Gasteiger partial charge in [-0.1, -0.05) is 13.0 Å². The predicted octanol–water partition coefficient (Wildman–Crippen LogP) is 1.94. The van der Waals surface area contributed by atoms with E-state index >= 15 is 0 Å². The van der Waals surface area contributed by atoms with Gasteiger partial charge in [-0.05, 0) is 12.1 Å². The van der Waals surface area contributed by atoms with Gasteiger partial charge in [-0.2, -0.15) is 5.26 Å². The highest BCUT2D eigenvalue weighted by molar-refractivity contribution is 8.00. The third-order valence-corrected chi connectivity index (χ3v) is 3.02. The number of nitro benzene ring substituents is 1. The summed E-state index contributed by atoms with van der Waals surface area (Å²) in [5.41, 5.74) is -0.143. The number of hydrogen-bond donors (Lipinski definition) is 1. The predicted molar refractivity (Wildman–Crippen MR) is 60.2 cm³/mol. The zero-order valence-electron chi connectivity index (χ0n) is 8.58. The Morgan fingerprint density at radius 2 is 2.38 bits per heavy atom. The topological polar surface area (TPSA) is 87.2 Å². The molecule has 0 aliphatic heterocycles. The first kappa shape index (κ1) is 12.5. The van der Waals surface area contributed by atoms with Crippen LogP contribution in [0.5, 0.6) is 0 Å². The summed E-state index contributed by atoms with van der Waals surface area (Å²) in [6, 6.07) is 6.37. The second kappa shape index (κ2) is 5.49. The quantitative estimate of drug-likeness (QED) is 0.492. The lowest BCUT2D eigenvalue weighted by atomic mass is 10.2. The molecule has 1 aromatic carbocycles. The van der Waals surface area contributed by atoms with Crippen molar-refractivity contribution in [1.82, 2.24) is 0 Å². The standard InChI is InChI=1S/C10H10N2O3S/c1-7(6-13)16-9-4-2-3-8(5-11)10(9)12(14)15/h2-4,7,13H,6H2,1H3. The Morgan fingerprint density at radius 1 is 1.69 bits per heavy atom. The van der Waals surface area contributed by atoms with E-state index in [1.807, 2.05) is 0 Å². The van der Waals surface area contributed by atoms with Crippen LogP contribution in [0.4, 0.5) is 5.69 Å². The van der Waals surface area contributed by atoms with Gasteiger partial charge in [-0.15, -0.1) is 11.8 Å². The summed E-state index contributed by atoms with van der Waals surface area (Å²) in [7, 11) is 0. The van der Waals surface area contributed by atoms with Gasteiger partial charge in [0, 0.05) is 5.25 Å². The van der Waals surface area contributed by atoms with Crippen LogP contribution in [0.15, 0.2) is 23.1 Å². The van der Waals surface area contributed by atoms with Gasteiger partial charge in [0.25, 0.3) is 0 Å². The maximum absolute atomic E-state index is 10.8. The van der Waals surface area contributed by atoms with E-state index in [9.17, 15) is 10.1 Å². The van der Waals surface area contributed by atoms with Gasteiger partial charge < -0.3 is 5.11 Å². The summed E-state index contributed by atoms with van der Waals surface area (Å²) in [6.07, 6.45) is 0. The molecule has 0 aliphatic carbocycles. The summed E-state index contributed by atoms with van der Waals surface area (Å²) in [4.78, 5) is 10.7. The minimum atomic E-state index is -0.565. The van der Waals surface area contributed by atoms with Gasteiger partial charge in [0.05, 0.1) is 16.4 Å². The maximum atomic E-state index is 10.8. The van der Waals surface area contributed by atoms with Crippen molar-refractivity contribution in [2.45, 2.75) is 17.1 Å². The van der Waals surface area contributed by atoms with Crippen molar-refractivity contribution in [2.24, 2.45) is 0 Å². The monoisotopic (exact) mass is 238 g/mol.